The van der Waals surface area contributed by atoms with E-state index in [-0.39, 0.29) is 62.7 Å². The lowest BCUT2D eigenvalue weighted by molar-refractivity contribution is -0.139. The minimum absolute atomic E-state index is 0.0000617. The first-order chi connectivity index (χ1) is 42.5. The number of amides is 12. The summed E-state index contributed by atoms with van der Waals surface area (Å²) in [6, 6.07) is 5.17. The van der Waals surface area contributed by atoms with Gasteiger partial charge >= 0.3 is 12.0 Å². The number of fused-ring (bicyclic) bond motifs is 1. The van der Waals surface area contributed by atoms with Crippen LogP contribution in [0.25, 0.3) is 10.9 Å². The summed E-state index contributed by atoms with van der Waals surface area (Å²) < 4.78 is 0. The van der Waals surface area contributed by atoms with Crippen molar-refractivity contribution in [1.29, 1.82) is 5.41 Å². The summed E-state index contributed by atoms with van der Waals surface area (Å²) in [6.07, 6.45) is -2.61. The molecule has 3 aromatic carbocycles. The van der Waals surface area contributed by atoms with Gasteiger partial charge < -0.3 is 84.9 Å². The van der Waals surface area contributed by atoms with E-state index in [0.29, 0.717) is 21.7 Å². The molecule has 4 aromatic rings. The maximum atomic E-state index is 14.1. The fourth-order valence-corrected chi connectivity index (χ4v) is 9.19. The van der Waals surface area contributed by atoms with Crippen LogP contribution in [-0.4, -0.2) is 165 Å². The highest BCUT2D eigenvalue weighted by Crippen LogP contribution is 2.20. The molecule has 488 valence electrons. The monoisotopic (exact) mass is 1270 g/mol. The van der Waals surface area contributed by atoms with E-state index in [1.807, 2.05) is 18.2 Å². The molecule has 32 heteroatoms. The number of hydrogen-bond acceptors (Lipinski definition) is 15. The van der Waals surface area contributed by atoms with Crippen molar-refractivity contribution in [2.45, 2.75) is 140 Å². The number of phenols is 1. The zero-order chi connectivity index (χ0) is 66.8. The van der Waals surface area contributed by atoms with Crippen molar-refractivity contribution >= 4 is 99.5 Å². The van der Waals surface area contributed by atoms with Gasteiger partial charge in [0.2, 0.25) is 53.2 Å². The first kappa shape index (κ1) is 72.4. The number of nitrogens with one attached hydrogen (secondary N) is 14. The van der Waals surface area contributed by atoms with Gasteiger partial charge in [-0.2, -0.15) is 0 Å². The maximum Gasteiger partial charge on any atom is 0.334 e. The Bertz CT molecular complexity index is 3200. The van der Waals surface area contributed by atoms with E-state index in [2.05, 4.69) is 69.0 Å². The van der Waals surface area contributed by atoms with Gasteiger partial charge in [0, 0.05) is 68.3 Å². The number of H-pyrrole nitrogens is 1. The van der Waals surface area contributed by atoms with E-state index < -0.39 is 145 Å². The van der Waals surface area contributed by atoms with Crippen LogP contribution in [-0.2, 0) is 72.0 Å². The Morgan fingerprint density at radius 2 is 1.14 bits per heavy atom. The number of carbonyl (C=O) groups excluding carboxylic acids is 11. The Labute approximate surface area is 522 Å². The summed E-state index contributed by atoms with van der Waals surface area (Å²) in [5, 5.41) is 63.9. The van der Waals surface area contributed by atoms with Gasteiger partial charge in [0.1, 0.15) is 54.1 Å². The molecule has 0 spiro atoms. The van der Waals surface area contributed by atoms with Crippen LogP contribution in [0, 0.1) is 11.3 Å². The number of hydrogen-bond donors (Lipinski definition) is 19. The van der Waals surface area contributed by atoms with Crippen molar-refractivity contribution in [3.05, 3.63) is 101 Å². The second-order valence-corrected chi connectivity index (χ2v) is 22.0. The summed E-state index contributed by atoms with van der Waals surface area (Å²) in [7, 11) is 1.53. The number of aliphatic carboxylic acids is 1. The Hall–Kier alpha value is -10.0. The highest BCUT2D eigenvalue weighted by molar-refractivity contribution is 6.30. The largest absolute Gasteiger partial charge is 0.508 e. The summed E-state index contributed by atoms with van der Waals surface area (Å²) in [5.41, 5.74) is 17.8. The third-order valence-corrected chi connectivity index (χ3v) is 13.9. The number of hydrazine groups is 1. The summed E-state index contributed by atoms with van der Waals surface area (Å²) in [5.74, 6) is -11.9. The molecule has 0 aliphatic heterocycles. The zero-order valence-electron chi connectivity index (χ0n) is 50.1. The molecule has 31 nitrogen and oxygen atoms in total. The molecule has 0 saturated carbocycles. The number of aromatic amines is 1. The number of phenolic OH excluding ortho intramolecular Hbond substituents is 1. The summed E-state index contributed by atoms with van der Waals surface area (Å²) in [4.78, 5) is 163. The lowest BCUT2D eigenvalue weighted by Crippen LogP contribution is -2.62. The molecular formula is C58H79ClN16O15. The first-order valence-corrected chi connectivity index (χ1v) is 28.9. The minimum Gasteiger partial charge on any atom is -0.508 e. The second-order valence-electron chi connectivity index (χ2n) is 21.5. The number of para-hydroxylation sites is 1. The number of nitrogens with two attached hydrogens (primary N) is 2. The first-order valence-electron chi connectivity index (χ1n) is 28.5. The lowest BCUT2D eigenvalue weighted by atomic mass is 10.0. The second kappa shape index (κ2) is 35.7. The highest BCUT2D eigenvalue weighted by atomic mass is 35.5. The number of aliphatic hydroxyl groups excluding tert-OH is 1. The van der Waals surface area contributed by atoms with Crippen LogP contribution in [0.4, 0.5) is 4.79 Å². The number of carboxylic acids is 1. The SMILES string of the molecule is CNC(=N)NCCC[C@H](NC(=O)[C@H](CC(C)C)NC(=O)NNC(=O)[C@H](Cc1ccc(Cl)cc1)NC(=O)C(NC(=O)[C@H](CC(N)=O)NC(=O)[C@H](CCC(=O)O)NC(=O)[C@@H](Cc1ccc(O)cc1)NC(C)=O)[C@@H](C)O)C(=O)N[C@@H](Cc1c[nH]c2ccccc12)C(N)=O. The molecule has 9 atom stereocenters. The van der Waals surface area contributed by atoms with Gasteiger partial charge in [-0.1, -0.05) is 67.9 Å². The van der Waals surface area contributed by atoms with Gasteiger partial charge in [0.15, 0.2) is 5.96 Å². The van der Waals surface area contributed by atoms with Crippen LogP contribution in [0.15, 0.2) is 79.0 Å². The molecule has 0 bridgehead atoms. The van der Waals surface area contributed by atoms with E-state index >= 15 is 0 Å². The van der Waals surface area contributed by atoms with Gasteiger partial charge in [0.05, 0.1) is 12.5 Å². The number of guanidine groups is 1. The van der Waals surface area contributed by atoms with Gasteiger partial charge in [-0.25, -0.2) is 10.2 Å². The number of benzene rings is 3. The van der Waals surface area contributed by atoms with Crippen molar-refractivity contribution in [2.24, 2.45) is 17.4 Å². The zero-order valence-corrected chi connectivity index (χ0v) is 50.9. The van der Waals surface area contributed by atoms with E-state index in [9.17, 15) is 72.9 Å². The van der Waals surface area contributed by atoms with Gasteiger partial charge in [-0.05, 0) is 85.5 Å². The number of aromatic hydroxyl groups is 1. The fraction of sp³-hybridized carbons (Fsp3) is 0.431. The average molecular weight is 1280 g/mol. The number of carbonyl (C=O) groups is 12. The number of halogens is 1. The van der Waals surface area contributed by atoms with Crippen molar-refractivity contribution in [3.8, 4) is 5.75 Å². The third kappa shape index (κ3) is 24.6. The van der Waals surface area contributed by atoms with Crippen LogP contribution < -0.4 is 75.5 Å². The molecule has 4 rings (SSSR count). The van der Waals surface area contributed by atoms with Gasteiger partial charge in [-0.3, -0.25) is 63.6 Å². The van der Waals surface area contributed by atoms with E-state index in [4.69, 9.17) is 28.5 Å². The Kier molecular flexibility index (Phi) is 28.7. The van der Waals surface area contributed by atoms with E-state index in [1.165, 1.54) is 55.6 Å². The van der Waals surface area contributed by atoms with Crippen LogP contribution in [0.2, 0.25) is 5.02 Å². The Morgan fingerprint density at radius 1 is 0.611 bits per heavy atom. The summed E-state index contributed by atoms with van der Waals surface area (Å²) >= 11 is 6.11. The minimum atomic E-state index is -1.97. The molecule has 0 fully saturated rings. The van der Waals surface area contributed by atoms with Crippen molar-refractivity contribution in [3.63, 3.8) is 0 Å². The molecule has 90 heavy (non-hydrogen) atoms. The number of urea groups is 1. The molecule has 1 unspecified atom stereocenters. The normalized spacial score (nSPS) is 14.0. The van der Waals surface area contributed by atoms with E-state index in [1.54, 1.807) is 26.1 Å². The summed E-state index contributed by atoms with van der Waals surface area (Å²) in [6.45, 7) is 5.87. The van der Waals surface area contributed by atoms with Crippen molar-refractivity contribution in [1.82, 2.24) is 69.0 Å². The third-order valence-electron chi connectivity index (χ3n) is 13.7. The topological polar surface area (TPSA) is 502 Å². The number of primary amides is 2. The molecule has 1 heterocycles. The highest BCUT2D eigenvalue weighted by Gasteiger charge is 2.36. The Morgan fingerprint density at radius 3 is 1.71 bits per heavy atom. The molecule has 0 radical (unpaired) electrons. The number of aliphatic hydroxyl groups is 1. The molecule has 21 N–H and O–H groups in total. The number of rotatable bonds is 34. The Balaban J connectivity index is 1.52. The van der Waals surface area contributed by atoms with Crippen LogP contribution in [0.1, 0.15) is 82.9 Å². The maximum absolute atomic E-state index is 14.1. The quantitative estimate of drug-likeness (QED) is 0.0103. The predicted octanol–water partition coefficient (Wildman–Crippen LogP) is -2.16. The number of aromatic nitrogens is 1. The van der Waals surface area contributed by atoms with Gasteiger partial charge in [-0.15, -0.1) is 0 Å². The molecule has 1 aromatic heterocycles. The fourth-order valence-electron chi connectivity index (χ4n) is 9.07. The van der Waals surface area contributed by atoms with Crippen LogP contribution in [0.5, 0.6) is 5.75 Å². The average Bonchev–Trinajstić information content (AvgIpc) is 3.95. The van der Waals surface area contributed by atoms with Crippen molar-refractivity contribution in [2.75, 3.05) is 13.6 Å². The van der Waals surface area contributed by atoms with Crippen LogP contribution >= 0.6 is 11.6 Å². The molecule has 0 aliphatic rings. The molecule has 0 aliphatic carbocycles. The van der Waals surface area contributed by atoms with E-state index in [0.717, 1.165) is 24.8 Å². The molecule has 0 saturated heterocycles. The molecular weight excluding hydrogens is 1200 g/mol. The lowest BCUT2D eigenvalue weighted by Gasteiger charge is -2.28. The number of carboxylic acid groups (broad SMARTS) is 1. The van der Waals surface area contributed by atoms with Gasteiger partial charge in [0.25, 0.3) is 5.91 Å². The van der Waals surface area contributed by atoms with Crippen molar-refractivity contribution < 1.29 is 72.9 Å². The van der Waals surface area contributed by atoms with Crippen LogP contribution in [0.3, 0.4) is 0 Å². The predicted molar refractivity (Wildman–Crippen MR) is 327 cm³/mol. The smallest absolute Gasteiger partial charge is 0.334 e. The molecule has 12 amide bonds. The standard InChI is InChI=1S/C58H79ClN16O15/c1-29(2)23-42(52(85)67-39(11-8-22-64-57(62)63-5)50(83)69-41(49(61)82)26-34-28-65-38-10-7-6-9-37(34)38)72-58(90)75-74-55(88)44(25-32-12-16-35(59)17-13-32)71-56(89)48(30(3)76)73-54(87)45(27-46(60)79)70-51(84)40(20-21-47(80)81)68-53(86)43(66-31(4)77)24-33-14-18-36(78)19-15-33/h6-7,9-10,12-19,28-30,39-45,48,65,76,78H,8,11,20-27H2,1-5H3,(H2,60,79)(H2,61,82)(H,66,77)(H,67,85)(H,68,86)(H,69,83)(H,70,84)(H,71,89)(H,73,87)(H,74,88)(H,80,81)(H3,62,63,64)(H2,72,75,90)/t30-,39+,40+,41+,42+,43-,44+,45+,48?/m1/s1.